The van der Waals surface area contributed by atoms with E-state index in [2.05, 4.69) is 75.2 Å². The Morgan fingerprint density at radius 1 is 0.850 bits per heavy atom. The van der Waals surface area contributed by atoms with Gasteiger partial charge in [-0.25, -0.2) is 0 Å². The Balaban J connectivity index is 1.37. The van der Waals surface area contributed by atoms with Gasteiger partial charge in [-0.3, -0.25) is 15.1 Å². The Kier molecular flexibility index (Phi) is 7.06. The van der Waals surface area contributed by atoms with Gasteiger partial charge in [0.15, 0.2) is 5.11 Å². The van der Waals surface area contributed by atoms with E-state index in [-0.39, 0.29) is 22.7 Å². The van der Waals surface area contributed by atoms with Crippen molar-refractivity contribution in [3.05, 3.63) is 143 Å². The Hall–Kier alpha value is -4.47. The van der Waals surface area contributed by atoms with E-state index in [1.807, 2.05) is 42.6 Å². The van der Waals surface area contributed by atoms with E-state index in [0.717, 1.165) is 38.2 Å². The lowest BCUT2D eigenvalue weighted by Gasteiger charge is -2.29. The number of benzene rings is 3. The summed E-state index contributed by atoms with van der Waals surface area (Å²) >= 11 is 7.49. The standard InChI is InChI=1S/C31H25N5O2S2/c1-21-10-19-28(34(21)22-7-3-2-4-8-22)30-29(27-9-5-6-20-32-27)33-31(39)35(30)23-11-15-25(16-12-23)40-26-17-13-24(14-18-26)36(37)38/h2-20,29-30H,1H3,(H,33,39)/t29-,30-/m1/s1. The van der Waals surface area contributed by atoms with Crippen molar-refractivity contribution in [2.24, 2.45) is 0 Å². The normalized spacial score (nSPS) is 16.6. The summed E-state index contributed by atoms with van der Waals surface area (Å²) in [5, 5.41) is 15.2. The summed E-state index contributed by atoms with van der Waals surface area (Å²) in [7, 11) is 0. The zero-order valence-electron chi connectivity index (χ0n) is 21.5. The lowest BCUT2D eigenvalue weighted by molar-refractivity contribution is -0.384. The highest BCUT2D eigenvalue weighted by Gasteiger charge is 2.42. The molecular formula is C31H25N5O2S2. The van der Waals surface area contributed by atoms with Crippen molar-refractivity contribution in [1.29, 1.82) is 0 Å². The lowest BCUT2D eigenvalue weighted by atomic mass is 10.0. The van der Waals surface area contributed by atoms with Crippen LogP contribution in [0.25, 0.3) is 5.69 Å². The molecule has 1 saturated heterocycles. The van der Waals surface area contributed by atoms with Crippen LogP contribution in [0, 0.1) is 17.0 Å². The second kappa shape index (κ2) is 11.0. The molecule has 0 aliphatic carbocycles. The molecule has 2 aromatic heterocycles. The van der Waals surface area contributed by atoms with Gasteiger partial charge in [-0.1, -0.05) is 36.0 Å². The molecule has 0 saturated carbocycles. The summed E-state index contributed by atoms with van der Waals surface area (Å²) in [5.41, 5.74) is 5.30. The maximum atomic E-state index is 11.0. The zero-order valence-corrected chi connectivity index (χ0v) is 23.2. The molecule has 3 aromatic carbocycles. The highest BCUT2D eigenvalue weighted by molar-refractivity contribution is 7.99. The van der Waals surface area contributed by atoms with Crippen LogP contribution in [0.4, 0.5) is 11.4 Å². The minimum Gasteiger partial charge on any atom is -0.351 e. The first kappa shape index (κ1) is 25.8. The van der Waals surface area contributed by atoms with Crippen molar-refractivity contribution in [2.45, 2.75) is 28.8 Å². The van der Waals surface area contributed by atoms with Crippen molar-refractivity contribution in [1.82, 2.24) is 14.9 Å². The number of thiocarbonyl (C=S) groups is 1. The minimum atomic E-state index is -0.388. The van der Waals surface area contributed by atoms with Crippen molar-refractivity contribution in [3.8, 4) is 5.69 Å². The molecule has 7 nitrogen and oxygen atoms in total. The molecule has 5 aromatic rings. The topological polar surface area (TPSA) is 76.2 Å². The number of nitrogens with one attached hydrogen (secondary N) is 1. The van der Waals surface area contributed by atoms with E-state index < -0.39 is 0 Å². The molecule has 1 aliphatic rings. The Labute approximate surface area is 241 Å². The van der Waals surface area contributed by atoms with E-state index in [4.69, 9.17) is 12.2 Å². The lowest BCUT2D eigenvalue weighted by Crippen LogP contribution is -2.30. The number of aromatic nitrogens is 2. The van der Waals surface area contributed by atoms with Gasteiger partial charge in [0.1, 0.15) is 6.04 Å². The smallest absolute Gasteiger partial charge is 0.269 e. The Bertz CT molecular complexity index is 1660. The maximum Gasteiger partial charge on any atom is 0.269 e. The molecule has 0 radical (unpaired) electrons. The average molecular weight is 564 g/mol. The highest BCUT2D eigenvalue weighted by atomic mass is 32.2. The second-order valence-corrected chi connectivity index (χ2v) is 10.9. The number of nitro benzene ring substituents is 1. The molecule has 1 N–H and O–H groups in total. The first-order valence-electron chi connectivity index (χ1n) is 12.8. The average Bonchev–Trinajstić information content (AvgIpc) is 3.53. The van der Waals surface area contributed by atoms with Crippen LogP contribution in [-0.2, 0) is 0 Å². The number of hydrogen-bond donors (Lipinski definition) is 1. The molecule has 9 heteroatoms. The van der Waals surface area contributed by atoms with E-state index in [9.17, 15) is 10.1 Å². The third kappa shape index (κ3) is 4.97. The van der Waals surface area contributed by atoms with Crippen LogP contribution >= 0.6 is 24.0 Å². The molecule has 40 heavy (non-hydrogen) atoms. The number of nitrogens with zero attached hydrogens (tertiary/aromatic N) is 4. The van der Waals surface area contributed by atoms with Gasteiger partial charge in [0, 0.05) is 50.9 Å². The van der Waals surface area contributed by atoms with Crippen LogP contribution in [0.15, 0.2) is 125 Å². The van der Waals surface area contributed by atoms with Gasteiger partial charge in [-0.05, 0) is 91.9 Å². The predicted molar refractivity (Wildman–Crippen MR) is 162 cm³/mol. The third-order valence-electron chi connectivity index (χ3n) is 6.92. The van der Waals surface area contributed by atoms with Gasteiger partial charge in [-0.2, -0.15) is 0 Å². The number of pyridine rings is 1. The molecular weight excluding hydrogens is 539 g/mol. The van der Waals surface area contributed by atoms with Crippen LogP contribution < -0.4 is 10.2 Å². The number of anilines is 1. The molecule has 198 valence electrons. The number of nitro groups is 1. The summed E-state index contributed by atoms with van der Waals surface area (Å²) in [5.74, 6) is 0. The summed E-state index contributed by atoms with van der Waals surface area (Å²) < 4.78 is 2.28. The molecule has 0 amide bonds. The number of rotatable bonds is 7. The van der Waals surface area contributed by atoms with Crippen LogP contribution in [0.1, 0.15) is 29.2 Å². The summed E-state index contributed by atoms with van der Waals surface area (Å²) in [6.07, 6.45) is 1.81. The van der Waals surface area contributed by atoms with E-state index in [1.54, 1.807) is 23.9 Å². The molecule has 0 unspecified atom stereocenters. The van der Waals surface area contributed by atoms with E-state index in [1.165, 1.54) is 12.1 Å². The van der Waals surface area contributed by atoms with Gasteiger partial charge in [0.25, 0.3) is 5.69 Å². The summed E-state index contributed by atoms with van der Waals surface area (Å²) in [4.78, 5) is 19.4. The zero-order chi connectivity index (χ0) is 27.6. The number of para-hydroxylation sites is 1. The van der Waals surface area contributed by atoms with Gasteiger partial charge in [-0.15, -0.1) is 0 Å². The molecule has 2 atom stereocenters. The fourth-order valence-electron chi connectivity index (χ4n) is 5.10. The molecule has 0 spiro atoms. The van der Waals surface area contributed by atoms with Crippen LogP contribution in [0.5, 0.6) is 0 Å². The second-order valence-electron chi connectivity index (χ2n) is 9.41. The largest absolute Gasteiger partial charge is 0.351 e. The van der Waals surface area contributed by atoms with Gasteiger partial charge in [0.05, 0.1) is 16.7 Å². The van der Waals surface area contributed by atoms with Crippen molar-refractivity contribution in [2.75, 3.05) is 4.90 Å². The fourth-order valence-corrected chi connectivity index (χ4v) is 6.26. The van der Waals surface area contributed by atoms with Crippen molar-refractivity contribution in [3.63, 3.8) is 0 Å². The summed E-state index contributed by atoms with van der Waals surface area (Å²) in [6, 6.07) is 35.1. The Morgan fingerprint density at radius 3 is 2.17 bits per heavy atom. The van der Waals surface area contributed by atoms with Gasteiger partial charge in [0.2, 0.25) is 0 Å². The molecule has 6 rings (SSSR count). The number of hydrogen-bond acceptors (Lipinski definition) is 5. The van der Waals surface area contributed by atoms with Gasteiger partial charge < -0.3 is 14.8 Å². The molecule has 0 bridgehead atoms. The fraction of sp³-hybridized carbons (Fsp3) is 0.0968. The SMILES string of the molecule is Cc1ccc([C@@H]2[C@@H](c3ccccn3)NC(=S)N2c2ccc(Sc3ccc([N+](=O)[O-])cc3)cc2)n1-c1ccccc1. The summed E-state index contributed by atoms with van der Waals surface area (Å²) in [6.45, 7) is 2.11. The van der Waals surface area contributed by atoms with Crippen LogP contribution in [-0.4, -0.2) is 19.6 Å². The van der Waals surface area contributed by atoms with Crippen molar-refractivity contribution < 1.29 is 4.92 Å². The quantitative estimate of drug-likeness (QED) is 0.125. The van der Waals surface area contributed by atoms with Crippen LogP contribution in [0.2, 0.25) is 0 Å². The molecule has 3 heterocycles. The monoisotopic (exact) mass is 563 g/mol. The first-order valence-corrected chi connectivity index (χ1v) is 14.0. The molecule has 1 aliphatic heterocycles. The van der Waals surface area contributed by atoms with Gasteiger partial charge >= 0.3 is 0 Å². The number of aryl methyl sites for hydroxylation is 1. The molecule has 1 fully saturated rings. The Morgan fingerprint density at radius 2 is 1.52 bits per heavy atom. The van der Waals surface area contributed by atoms with Crippen LogP contribution in [0.3, 0.4) is 0 Å². The number of non-ortho nitro benzene ring substituents is 1. The minimum absolute atomic E-state index is 0.0822. The van der Waals surface area contributed by atoms with E-state index in [0.29, 0.717) is 5.11 Å². The predicted octanol–water partition coefficient (Wildman–Crippen LogP) is 7.42. The van der Waals surface area contributed by atoms with E-state index >= 15 is 0 Å². The first-order chi connectivity index (χ1) is 19.5. The maximum absolute atomic E-state index is 11.0. The highest BCUT2D eigenvalue weighted by Crippen LogP contribution is 2.43. The van der Waals surface area contributed by atoms with Crippen molar-refractivity contribution >= 4 is 40.5 Å². The third-order valence-corrected chi connectivity index (χ3v) is 8.25.